The molecule has 0 spiro atoms. The quantitative estimate of drug-likeness (QED) is 0.387. The van der Waals surface area contributed by atoms with Crippen LogP contribution in [0.15, 0.2) is 61.7 Å². The van der Waals surface area contributed by atoms with Gasteiger partial charge in [0.2, 0.25) is 11.7 Å². The number of methoxy groups -OCH3 is 3. The fraction of sp³-hybridized carbons (Fsp3) is 0.296. The number of benzene rings is 2. The summed E-state index contributed by atoms with van der Waals surface area (Å²) < 4.78 is 17.9. The van der Waals surface area contributed by atoms with Gasteiger partial charge in [0.25, 0.3) is 5.91 Å². The van der Waals surface area contributed by atoms with Crippen molar-refractivity contribution < 1.29 is 23.8 Å². The summed E-state index contributed by atoms with van der Waals surface area (Å²) in [6, 6.07) is 10.2. The van der Waals surface area contributed by atoms with Gasteiger partial charge in [-0.2, -0.15) is 0 Å². The van der Waals surface area contributed by atoms with Crippen LogP contribution in [-0.4, -0.2) is 60.7 Å². The predicted octanol–water partition coefficient (Wildman–Crippen LogP) is 3.75. The zero-order valence-corrected chi connectivity index (χ0v) is 21.1. The van der Waals surface area contributed by atoms with Crippen molar-refractivity contribution in [1.29, 1.82) is 0 Å². The Bertz CT molecular complexity index is 1230. The molecule has 0 radical (unpaired) electrons. The molecule has 190 valence electrons. The van der Waals surface area contributed by atoms with Gasteiger partial charge in [0.05, 0.1) is 38.4 Å². The molecule has 9 nitrogen and oxygen atoms in total. The first-order valence-electron chi connectivity index (χ1n) is 11.4. The number of rotatable bonds is 12. The smallest absolute Gasteiger partial charge is 0.252 e. The Hall–Kier alpha value is -4.27. The molecule has 0 aliphatic carbocycles. The second kappa shape index (κ2) is 11.9. The van der Waals surface area contributed by atoms with E-state index in [0.29, 0.717) is 41.7 Å². The highest BCUT2D eigenvalue weighted by atomic mass is 16.5. The van der Waals surface area contributed by atoms with E-state index in [1.165, 1.54) is 21.3 Å². The molecule has 36 heavy (non-hydrogen) atoms. The number of hydrogen-bond acceptors (Lipinski definition) is 6. The number of hydrogen-bond donors (Lipinski definition) is 1. The van der Waals surface area contributed by atoms with Crippen LogP contribution in [0.2, 0.25) is 0 Å². The van der Waals surface area contributed by atoms with Gasteiger partial charge in [-0.3, -0.25) is 9.59 Å². The Kier molecular flexibility index (Phi) is 8.72. The molecule has 0 aliphatic heterocycles. The minimum atomic E-state index is -0.510. The Morgan fingerprint density at radius 3 is 2.22 bits per heavy atom. The van der Waals surface area contributed by atoms with Crippen LogP contribution in [0, 0.1) is 0 Å². The van der Waals surface area contributed by atoms with Crippen molar-refractivity contribution in [2.75, 3.05) is 34.4 Å². The van der Waals surface area contributed by atoms with Crippen LogP contribution in [-0.2, 0) is 11.3 Å². The van der Waals surface area contributed by atoms with E-state index in [1.54, 1.807) is 29.2 Å². The molecule has 0 saturated carbocycles. The Labute approximate surface area is 211 Å². The maximum absolute atomic E-state index is 13.2. The number of carbonyl (C=O) groups excluding carboxylic acids is 2. The van der Waals surface area contributed by atoms with Crippen LogP contribution >= 0.6 is 0 Å². The number of imidazole rings is 1. The highest BCUT2D eigenvalue weighted by molar-refractivity contribution is 5.96. The molecule has 3 aromatic rings. The molecule has 9 heteroatoms. The fourth-order valence-corrected chi connectivity index (χ4v) is 3.97. The minimum Gasteiger partial charge on any atom is -0.493 e. The van der Waals surface area contributed by atoms with Crippen molar-refractivity contribution in [3.63, 3.8) is 0 Å². The Morgan fingerprint density at radius 2 is 1.67 bits per heavy atom. The van der Waals surface area contributed by atoms with Gasteiger partial charge < -0.3 is 29.0 Å². The highest BCUT2D eigenvalue weighted by Crippen LogP contribution is 2.38. The van der Waals surface area contributed by atoms with Gasteiger partial charge in [-0.05, 0) is 31.2 Å². The molecule has 2 aromatic carbocycles. The summed E-state index contributed by atoms with van der Waals surface area (Å²) in [7, 11) is 4.48. The molecule has 1 N–H and O–H groups in total. The minimum absolute atomic E-state index is 0.0575. The molecule has 0 bridgehead atoms. The maximum atomic E-state index is 13.2. The van der Waals surface area contributed by atoms with E-state index in [9.17, 15) is 9.59 Å². The first-order valence-corrected chi connectivity index (χ1v) is 11.4. The lowest BCUT2D eigenvalue weighted by molar-refractivity contribution is -0.130. The number of fused-ring (bicyclic) bond motifs is 1. The van der Waals surface area contributed by atoms with E-state index in [2.05, 4.69) is 18.5 Å². The molecule has 0 aliphatic rings. The number of nitrogens with zero attached hydrogens (tertiary/aromatic N) is 3. The van der Waals surface area contributed by atoms with Crippen LogP contribution < -0.4 is 19.5 Å². The lowest BCUT2D eigenvalue weighted by atomic mass is 10.1. The van der Waals surface area contributed by atoms with Crippen LogP contribution in [0.25, 0.3) is 11.0 Å². The Morgan fingerprint density at radius 1 is 1.06 bits per heavy atom. The van der Waals surface area contributed by atoms with E-state index < -0.39 is 6.04 Å². The predicted molar refractivity (Wildman–Crippen MR) is 139 cm³/mol. The summed E-state index contributed by atoms with van der Waals surface area (Å²) in [4.78, 5) is 32.7. The summed E-state index contributed by atoms with van der Waals surface area (Å²) in [5.41, 5.74) is 1.86. The van der Waals surface area contributed by atoms with Gasteiger partial charge in [-0.15, -0.1) is 13.2 Å². The molecule has 1 unspecified atom stereocenters. The number of ether oxygens (including phenoxy) is 3. The highest BCUT2D eigenvalue weighted by Gasteiger charge is 2.23. The largest absolute Gasteiger partial charge is 0.493 e. The fourth-order valence-electron chi connectivity index (χ4n) is 3.97. The normalized spacial score (nSPS) is 11.4. The SMILES string of the molecule is C=CCN(CC=C)C(=O)Cn1c(C(C)NC(=O)c2cc(OC)c(OC)c(OC)c2)nc2ccccc21. The summed E-state index contributed by atoms with van der Waals surface area (Å²) >= 11 is 0. The lowest BCUT2D eigenvalue weighted by Gasteiger charge is -2.22. The third-order valence-corrected chi connectivity index (χ3v) is 5.69. The summed E-state index contributed by atoms with van der Waals surface area (Å²) in [5, 5.41) is 2.98. The second-order valence-corrected chi connectivity index (χ2v) is 8.03. The summed E-state index contributed by atoms with van der Waals surface area (Å²) in [6.07, 6.45) is 3.35. The van der Waals surface area contributed by atoms with Crippen LogP contribution in [0.5, 0.6) is 17.2 Å². The zero-order chi connectivity index (χ0) is 26.2. The third-order valence-electron chi connectivity index (χ3n) is 5.69. The van der Waals surface area contributed by atoms with E-state index >= 15 is 0 Å². The molecule has 1 aromatic heterocycles. The summed E-state index contributed by atoms with van der Waals surface area (Å²) in [5.74, 6) is 1.24. The number of amides is 2. The zero-order valence-electron chi connectivity index (χ0n) is 21.1. The van der Waals surface area contributed by atoms with Gasteiger partial charge in [-0.25, -0.2) is 4.98 Å². The van der Waals surface area contributed by atoms with Crippen molar-refractivity contribution in [2.45, 2.75) is 19.5 Å². The van der Waals surface area contributed by atoms with Gasteiger partial charge >= 0.3 is 0 Å². The van der Waals surface area contributed by atoms with Crippen molar-refractivity contribution in [3.05, 3.63) is 73.1 Å². The van der Waals surface area contributed by atoms with Gasteiger partial charge in [0, 0.05) is 18.7 Å². The second-order valence-electron chi connectivity index (χ2n) is 8.03. The number of para-hydroxylation sites is 2. The number of aromatic nitrogens is 2. The molecule has 1 atom stereocenters. The van der Waals surface area contributed by atoms with Crippen molar-refractivity contribution >= 4 is 22.8 Å². The van der Waals surface area contributed by atoms with Crippen molar-refractivity contribution in [2.24, 2.45) is 0 Å². The van der Waals surface area contributed by atoms with E-state index in [1.807, 2.05) is 35.8 Å². The average molecular weight is 493 g/mol. The monoisotopic (exact) mass is 492 g/mol. The van der Waals surface area contributed by atoms with Gasteiger partial charge in [-0.1, -0.05) is 24.3 Å². The van der Waals surface area contributed by atoms with E-state index in [-0.39, 0.29) is 18.4 Å². The lowest BCUT2D eigenvalue weighted by Crippen LogP contribution is -2.35. The number of carbonyl (C=O) groups is 2. The first-order chi connectivity index (χ1) is 17.4. The van der Waals surface area contributed by atoms with Gasteiger partial charge in [0.15, 0.2) is 11.5 Å². The standard InChI is InChI=1S/C27H32N4O5/c1-7-13-30(14-8-2)24(32)17-31-21-12-10-9-11-20(21)29-26(31)18(3)28-27(33)19-15-22(34-4)25(36-6)23(16-19)35-5/h7-12,15-16,18H,1-2,13-14,17H2,3-6H3,(H,28,33). The van der Waals surface area contributed by atoms with E-state index in [4.69, 9.17) is 19.2 Å². The third kappa shape index (κ3) is 5.51. The summed E-state index contributed by atoms with van der Waals surface area (Å²) in [6.45, 7) is 10.2. The number of nitrogens with one attached hydrogen (secondary N) is 1. The molecular weight excluding hydrogens is 460 g/mol. The Balaban J connectivity index is 1.94. The first kappa shape index (κ1) is 26.3. The van der Waals surface area contributed by atoms with Crippen LogP contribution in [0.1, 0.15) is 29.1 Å². The molecular formula is C27H32N4O5. The molecule has 3 rings (SSSR count). The topological polar surface area (TPSA) is 94.9 Å². The molecule has 1 heterocycles. The van der Waals surface area contributed by atoms with Gasteiger partial charge in [0.1, 0.15) is 12.4 Å². The molecule has 2 amide bonds. The maximum Gasteiger partial charge on any atom is 0.252 e. The molecule has 0 saturated heterocycles. The van der Waals surface area contributed by atoms with Crippen LogP contribution in [0.4, 0.5) is 0 Å². The average Bonchev–Trinajstić information content (AvgIpc) is 3.25. The molecule has 0 fully saturated rings. The van der Waals surface area contributed by atoms with Crippen molar-refractivity contribution in [3.8, 4) is 17.2 Å². The van der Waals surface area contributed by atoms with E-state index in [0.717, 1.165) is 11.0 Å². The van der Waals surface area contributed by atoms with Crippen LogP contribution in [0.3, 0.4) is 0 Å². The van der Waals surface area contributed by atoms with Crippen molar-refractivity contribution in [1.82, 2.24) is 19.8 Å².